The quantitative estimate of drug-likeness (QED) is 0.813. The largest absolute Gasteiger partial charge is 0.497 e. The predicted octanol–water partition coefficient (Wildman–Crippen LogP) is 3.25. The number of hydrogen-bond donors (Lipinski definition) is 2. The third-order valence-corrected chi connectivity index (χ3v) is 5.01. The van der Waals surface area contributed by atoms with Crippen molar-refractivity contribution in [2.45, 2.75) is 45.1 Å². The molecular weight excluding hydrogens is 346 g/mol. The number of benzene rings is 1. The molecule has 1 aliphatic rings. The smallest absolute Gasteiger partial charge is 0.303 e. The van der Waals surface area contributed by atoms with Crippen LogP contribution in [0.4, 0.5) is 0 Å². The van der Waals surface area contributed by atoms with Crippen molar-refractivity contribution in [3.05, 3.63) is 35.7 Å². The summed E-state index contributed by atoms with van der Waals surface area (Å²) in [5.41, 5.74) is 1.95. The van der Waals surface area contributed by atoms with E-state index in [9.17, 15) is 9.59 Å². The van der Waals surface area contributed by atoms with Crippen LogP contribution in [0.2, 0.25) is 0 Å². The number of carbonyl (C=O) groups excluding carboxylic acids is 1. The Kier molecular flexibility index (Phi) is 5.78. The van der Waals surface area contributed by atoms with E-state index in [0.29, 0.717) is 30.2 Å². The van der Waals surface area contributed by atoms with Gasteiger partial charge >= 0.3 is 5.97 Å². The van der Waals surface area contributed by atoms with Crippen LogP contribution in [-0.4, -0.2) is 51.5 Å². The maximum atomic E-state index is 13.1. The Labute approximate surface area is 158 Å². The van der Waals surface area contributed by atoms with Crippen LogP contribution in [-0.2, 0) is 4.79 Å². The van der Waals surface area contributed by atoms with Crippen LogP contribution in [0.15, 0.2) is 24.3 Å². The van der Waals surface area contributed by atoms with Crippen LogP contribution in [0.3, 0.4) is 0 Å². The molecule has 1 saturated heterocycles. The normalized spacial score (nSPS) is 17.0. The SMILES string of the molecule is COc1cccc(-c2nc(C(=O)N3CCCCC3CCC(=O)O)c(C)[nH]2)c1. The minimum Gasteiger partial charge on any atom is -0.497 e. The lowest BCUT2D eigenvalue weighted by molar-refractivity contribution is -0.137. The molecule has 0 bridgehead atoms. The third kappa shape index (κ3) is 4.30. The topological polar surface area (TPSA) is 95.5 Å². The first-order valence-corrected chi connectivity index (χ1v) is 9.23. The van der Waals surface area contributed by atoms with E-state index in [1.54, 1.807) is 12.0 Å². The van der Waals surface area contributed by atoms with Crippen LogP contribution >= 0.6 is 0 Å². The van der Waals surface area contributed by atoms with Crippen molar-refractivity contribution in [1.82, 2.24) is 14.9 Å². The minimum absolute atomic E-state index is 0.0429. The molecule has 0 radical (unpaired) electrons. The lowest BCUT2D eigenvalue weighted by Crippen LogP contribution is -2.44. The summed E-state index contributed by atoms with van der Waals surface area (Å²) < 4.78 is 5.25. The number of aromatic nitrogens is 2. The number of rotatable bonds is 6. The third-order valence-electron chi connectivity index (χ3n) is 5.01. The molecule has 27 heavy (non-hydrogen) atoms. The van der Waals surface area contributed by atoms with Gasteiger partial charge in [0.15, 0.2) is 0 Å². The minimum atomic E-state index is -0.829. The Morgan fingerprint density at radius 1 is 1.37 bits per heavy atom. The lowest BCUT2D eigenvalue weighted by atomic mass is 9.97. The van der Waals surface area contributed by atoms with Gasteiger partial charge in [-0.3, -0.25) is 9.59 Å². The Hall–Kier alpha value is -2.83. The number of nitrogens with zero attached hydrogens (tertiary/aromatic N) is 2. The highest BCUT2D eigenvalue weighted by Crippen LogP contribution is 2.26. The van der Waals surface area contributed by atoms with Gasteiger partial charge in [0.2, 0.25) is 0 Å². The van der Waals surface area contributed by atoms with Gasteiger partial charge in [0.05, 0.1) is 7.11 Å². The number of amides is 1. The lowest BCUT2D eigenvalue weighted by Gasteiger charge is -2.35. The predicted molar refractivity (Wildman–Crippen MR) is 101 cm³/mol. The zero-order valence-electron chi connectivity index (χ0n) is 15.7. The number of aryl methyl sites for hydroxylation is 1. The van der Waals surface area contributed by atoms with Crippen LogP contribution in [0.5, 0.6) is 5.75 Å². The van der Waals surface area contributed by atoms with Crippen LogP contribution in [0.1, 0.15) is 48.3 Å². The molecule has 1 fully saturated rings. The summed E-state index contributed by atoms with van der Waals surface area (Å²) in [5, 5.41) is 8.97. The summed E-state index contributed by atoms with van der Waals surface area (Å²) in [5.74, 6) is 0.380. The fourth-order valence-electron chi connectivity index (χ4n) is 3.57. The highest BCUT2D eigenvalue weighted by atomic mass is 16.5. The van der Waals surface area contributed by atoms with E-state index in [1.165, 1.54) is 0 Å². The van der Waals surface area contributed by atoms with Gasteiger partial charge in [0.25, 0.3) is 5.91 Å². The average molecular weight is 371 g/mol. The molecule has 0 aliphatic carbocycles. The van der Waals surface area contributed by atoms with Crippen molar-refractivity contribution in [3.8, 4) is 17.1 Å². The van der Waals surface area contributed by atoms with Gasteiger partial charge in [-0.15, -0.1) is 0 Å². The van der Waals surface area contributed by atoms with Crippen molar-refractivity contribution in [2.24, 2.45) is 0 Å². The van der Waals surface area contributed by atoms with Gasteiger partial charge in [-0.25, -0.2) is 4.98 Å². The van der Waals surface area contributed by atoms with Crippen LogP contribution in [0.25, 0.3) is 11.4 Å². The zero-order valence-corrected chi connectivity index (χ0v) is 15.7. The monoisotopic (exact) mass is 371 g/mol. The fraction of sp³-hybridized carbons (Fsp3) is 0.450. The number of H-pyrrole nitrogens is 1. The van der Waals surface area contributed by atoms with Gasteiger partial charge in [0.1, 0.15) is 17.3 Å². The van der Waals surface area contributed by atoms with Gasteiger partial charge in [0, 0.05) is 30.3 Å². The Bertz CT molecular complexity index is 830. The van der Waals surface area contributed by atoms with E-state index in [4.69, 9.17) is 9.84 Å². The number of carboxylic acids is 1. The molecule has 3 rings (SSSR count). The molecule has 2 aromatic rings. The van der Waals surface area contributed by atoms with Crippen molar-refractivity contribution in [1.29, 1.82) is 0 Å². The van der Waals surface area contributed by atoms with E-state index >= 15 is 0 Å². The van der Waals surface area contributed by atoms with E-state index in [2.05, 4.69) is 9.97 Å². The van der Waals surface area contributed by atoms with Crippen molar-refractivity contribution in [2.75, 3.05) is 13.7 Å². The number of aliphatic carboxylic acids is 1. The number of aromatic amines is 1. The van der Waals surface area contributed by atoms with Gasteiger partial charge < -0.3 is 19.7 Å². The molecule has 0 saturated carbocycles. The fourth-order valence-corrected chi connectivity index (χ4v) is 3.57. The van der Waals surface area contributed by atoms with E-state index in [-0.39, 0.29) is 18.4 Å². The summed E-state index contributed by atoms with van der Waals surface area (Å²) in [6, 6.07) is 7.46. The molecule has 7 heteroatoms. The first-order chi connectivity index (χ1) is 13.0. The number of imidazole rings is 1. The second-order valence-corrected chi connectivity index (χ2v) is 6.87. The van der Waals surface area contributed by atoms with E-state index < -0.39 is 5.97 Å². The van der Waals surface area contributed by atoms with Crippen molar-refractivity contribution < 1.29 is 19.4 Å². The molecule has 1 atom stereocenters. The highest BCUT2D eigenvalue weighted by Gasteiger charge is 2.30. The van der Waals surface area contributed by atoms with E-state index in [1.807, 2.05) is 31.2 Å². The molecule has 1 amide bonds. The molecule has 1 unspecified atom stereocenters. The number of ether oxygens (including phenoxy) is 1. The summed E-state index contributed by atoms with van der Waals surface area (Å²) in [4.78, 5) is 33.6. The molecule has 2 N–H and O–H groups in total. The molecule has 144 valence electrons. The standard InChI is InChI=1S/C20H25N3O4/c1-13-18(22-19(21-13)14-6-5-8-16(12-14)27-2)20(26)23-11-4-3-7-15(23)9-10-17(24)25/h5-6,8,12,15H,3-4,7,9-11H2,1-2H3,(H,21,22)(H,24,25). The molecular formula is C20H25N3O4. The maximum Gasteiger partial charge on any atom is 0.303 e. The van der Waals surface area contributed by atoms with Crippen molar-refractivity contribution in [3.63, 3.8) is 0 Å². The number of hydrogen-bond acceptors (Lipinski definition) is 4. The number of nitrogens with one attached hydrogen (secondary N) is 1. The maximum absolute atomic E-state index is 13.1. The number of methoxy groups -OCH3 is 1. The van der Waals surface area contributed by atoms with Gasteiger partial charge in [-0.05, 0) is 44.7 Å². The summed E-state index contributed by atoms with van der Waals surface area (Å²) in [6.45, 7) is 2.48. The number of piperidine rings is 1. The molecule has 2 heterocycles. The molecule has 1 aromatic heterocycles. The number of carbonyl (C=O) groups is 2. The Balaban J connectivity index is 1.83. The van der Waals surface area contributed by atoms with Gasteiger partial charge in [-0.2, -0.15) is 0 Å². The number of likely N-dealkylation sites (tertiary alicyclic amines) is 1. The second-order valence-electron chi connectivity index (χ2n) is 6.87. The Morgan fingerprint density at radius 2 is 2.19 bits per heavy atom. The van der Waals surface area contributed by atoms with Crippen molar-refractivity contribution >= 4 is 11.9 Å². The van der Waals surface area contributed by atoms with E-state index in [0.717, 1.165) is 30.6 Å². The molecule has 7 nitrogen and oxygen atoms in total. The Morgan fingerprint density at radius 3 is 2.93 bits per heavy atom. The highest BCUT2D eigenvalue weighted by molar-refractivity contribution is 5.94. The summed E-state index contributed by atoms with van der Waals surface area (Å²) >= 11 is 0. The zero-order chi connectivity index (χ0) is 19.4. The molecule has 1 aromatic carbocycles. The molecule has 1 aliphatic heterocycles. The van der Waals surface area contributed by atoms with Gasteiger partial charge in [-0.1, -0.05) is 12.1 Å². The molecule has 0 spiro atoms. The average Bonchev–Trinajstić information content (AvgIpc) is 3.07. The second kappa shape index (κ2) is 8.24. The summed E-state index contributed by atoms with van der Waals surface area (Å²) in [6.07, 6.45) is 3.34. The van der Waals surface area contributed by atoms with Crippen LogP contribution in [0, 0.1) is 6.92 Å². The number of carboxylic acid groups (broad SMARTS) is 1. The summed E-state index contributed by atoms with van der Waals surface area (Å²) in [7, 11) is 1.61. The first kappa shape index (κ1) is 18.9. The van der Waals surface area contributed by atoms with Crippen LogP contribution < -0.4 is 4.74 Å². The first-order valence-electron chi connectivity index (χ1n) is 9.23.